The average molecular weight is 220 g/mol. The van der Waals surface area contributed by atoms with Gasteiger partial charge in [0.05, 0.1) is 12.0 Å². The van der Waals surface area contributed by atoms with Gasteiger partial charge in [-0.05, 0) is 37.5 Å². The number of carboxylic acids is 1. The molecule has 1 heterocycles. The average Bonchev–Trinajstić information content (AvgIpc) is 2.63. The molecule has 3 heteroatoms. The van der Waals surface area contributed by atoms with Crippen LogP contribution in [0, 0.1) is 5.41 Å². The molecule has 1 aromatic carbocycles. The van der Waals surface area contributed by atoms with Crippen LogP contribution in [0.3, 0.4) is 0 Å². The number of fused-ring (bicyclic) bond motifs is 1. The summed E-state index contributed by atoms with van der Waals surface area (Å²) < 4.78 is 5.41. The van der Waals surface area contributed by atoms with Crippen molar-refractivity contribution in [2.75, 3.05) is 6.61 Å². The second-order valence-electron chi connectivity index (χ2n) is 4.91. The van der Waals surface area contributed by atoms with Crippen LogP contribution >= 0.6 is 0 Å². The molecule has 0 bridgehead atoms. The van der Waals surface area contributed by atoms with Gasteiger partial charge in [-0.15, -0.1) is 0 Å². The fourth-order valence-electron chi connectivity index (χ4n) is 1.94. The first-order valence-electron chi connectivity index (χ1n) is 5.47. The largest absolute Gasteiger partial charge is 0.493 e. The Labute approximate surface area is 95.0 Å². The van der Waals surface area contributed by atoms with Crippen molar-refractivity contribution in [1.29, 1.82) is 0 Å². The third-order valence-corrected chi connectivity index (χ3v) is 2.98. The predicted molar refractivity (Wildman–Crippen MR) is 60.8 cm³/mol. The number of carboxylic acid groups (broad SMARTS) is 1. The Kier molecular flexibility index (Phi) is 2.62. The van der Waals surface area contributed by atoms with Crippen molar-refractivity contribution in [3.8, 4) is 5.75 Å². The Balaban J connectivity index is 2.20. The molecule has 0 unspecified atom stereocenters. The normalized spacial score (nSPS) is 14.4. The summed E-state index contributed by atoms with van der Waals surface area (Å²) in [5.41, 5.74) is 1.54. The first-order chi connectivity index (χ1) is 7.49. The van der Waals surface area contributed by atoms with E-state index in [2.05, 4.69) is 6.07 Å². The second kappa shape index (κ2) is 3.81. The molecule has 0 saturated heterocycles. The number of hydrogen-bond acceptors (Lipinski definition) is 2. The van der Waals surface area contributed by atoms with Crippen molar-refractivity contribution < 1.29 is 14.6 Å². The molecule has 2 rings (SSSR count). The van der Waals surface area contributed by atoms with E-state index >= 15 is 0 Å². The van der Waals surface area contributed by atoms with Crippen molar-refractivity contribution >= 4 is 5.97 Å². The summed E-state index contributed by atoms with van der Waals surface area (Å²) in [7, 11) is 0. The van der Waals surface area contributed by atoms with Crippen molar-refractivity contribution in [2.24, 2.45) is 5.41 Å². The molecule has 1 aromatic rings. The van der Waals surface area contributed by atoms with Gasteiger partial charge >= 0.3 is 5.97 Å². The zero-order valence-electron chi connectivity index (χ0n) is 9.62. The summed E-state index contributed by atoms with van der Waals surface area (Å²) in [6.45, 7) is 4.24. The van der Waals surface area contributed by atoms with Gasteiger partial charge in [-0.2, -0.15) is 0 Å². The van der Waals surface area contributed by atoms with Gasteiger partial charge in [0.15, 0.2) is 0 Å². The number of hydrogen-bond donors (Lipinski definition) is 1. The summed E-state index contributed by atoms with van der Waals surface area (Å²) in [4.78, 5) is 11.0. The van der Waals surface area contributed by atoms with E-state index in [4.69, 9.17) is 9.84 Å². The maximum absolute atomic E-state index is 11.0. The Bertz CT molecular complexity index is 421. The lowest BCUT2D eigenvalue weighted by atomic mass is 9.85. The number of carbonyl (C=O) groups is 1. The zero-order valence-corrected chi connectivity index (χ0v) is 9.62. The SMILES string of the molecule is CC(C)(Cc1ccc2c(c1)CCO2)C(=O)O. The van der Waals surface area contributed by atoms with Gasteiger partial charge in [-0.25, -0.2) is 0 Å². The monoisotopic (exact) mass is 220 g/mol. The number of aliphatic carboxylic acids is 1. The Morgan fingerprint density at radius 3 is 2.94 bits per heavy atom. The topological polar surface area (TPSA) is 46.5 Å². The van der Waals surface area contributed by atoms with E-state index in [-0.39, 0.29) is 0 Å². The molecule has 0 radical (unpaired) electrons. The number of rotatable bonds is 3. The van der Waals surface area contributed by atoms with Crippen LogP contribution in [0.1, 0.15) is 25.0 Å². The highest BCUT2D eigenvalue weighted by Crippen LogP contribution is 2.29. The minimum Gasteiger partial charge on any atom is -0.493 e. The third-order valence-electron chi connectivity index (χ3n) is 2.98. The first-order valence-corrected chi connectivity index (χ1v) is 5.47. The van der Waals surface area contributed by atoms with Gasteiger partial charge in [0.2, 0.25) is 0 Å². The summed E-state index contributed by atoms with van der Waals surface area (Å²) in [5.74, 6) is 0.182. The molecule has 0 saturated carbocycles. The highest BCUT2D eigenvalue weighted by molar-refractivity contribution is 5.74. The van der Waals surface area contributed by atoms with Crippen LogP contribution in [0.4, 0.5) is 0 Å². The van der Waals surface area contributed by atoms with Crippen LogP contribution in [0.2, 0.25) is 0 Å². The van der Waals surface area contributed by atoms with Crippen LogP contribution in [0.15, 0.2) is 18.2 Å². The smallest absolute Gasteiger partial charge is 0.309 e. The predicted octanol–water partition coefficient (Wildman–Crippen LogP) is 2.27. The molecule has 1 N–H and O–H groups in total. The van der Waals surface area contributed by atoms with E-state index in [1.165, 1.54) is 5.56 Å². The lowest BCUT2D eigenvalue weighted by Crippen LogP contribution is -2.26. The molecule has 86 valence electrons. The van der Waals surface area contributed by atoms with Gasteiger partial charge in [0.25, 0.3) is 0 Å². The lowest BCUT2D eigenvalue weighted by molar-refractivity contribution is -0.146. The molecular weight excluding hydrogens is 204 g/mol. The molecular formula is C13H16O3. The molecule has 3 nitrogen and oxygen atoms in total. The minimum atomic E-state index is -0.760. The van der Waals surface area contributed by atoms with E-state index in [1.54, 1.807) is 13.8 Å². The van der Waals surface area contributed by atoms with Crippen LogP contribution in [-0.2, 0) is 17.6 Å². The second-order valence-corrected chi connectivity index (χ2v) is 4.91. The van der Waals surface area contributed by atoms with E-state index in [1.807, 2.05) is 12.1 Å². The molecule has 0 amide bonds. The van der Waals surface area contributed by atoms with E-state index < -0.39 is 11.4 Å². The fraction of sp³-hybridized carbons (Fsp3) is 0.462. The lowest BCUT2D eigenvalue weighted by Gasteiger charge is -2.19. The quantitative estimate of drug-likeness (QED) is 0.850. The van der Waals surface area contributed by atoms with Crippen molar-refractivity contribution in [2.45, 2.75) is 26.7 Å². The van der Waals surface area contributed by atoms with Crippen molar-refractivity contribution in [3.63, 3.8) is 0 Å². The van der Waals surface area contributed by atoms with Gasteiger partial charge in [0, 0.05) is 6.42 Å². The van der Waals surface area contributed by atoms with Crippen molar-refractivity contribution in [1.82, 2.24) is 0 Å². The summed E-state index contributed by atoms with van der Waals surface area (Å²) in [6, 6.07) is 5.96. The maximum atomic E-state index is 11.0. The van der Waals surface area contributed by atoms with Gasteiger partial charge in [-0.3, -0.25) is 4.79 Å². The Morgan fingerprint density at radius 2 is 2.25 bits per heavy atom. The Morgan fingerprint density at radius 1 is 1.50 bits per heavy atom. The number of ether oxygens (including phenoxy) is 1. The highest BCUT2D eigenvalue weighted by atomic mass is 16.5. The summed E-state index contributed by atoms with van der Waals surface area (Å²) >= 11 is 0. The van der Waals surface area contributed by atoms with Gasteiger partial charge in [0.1, 0.15) is 5.75 Å². The molecule has 1 aliphatic rings. The summed E-state index contributed by atoms with van der Waals surface area (Å²) in [6.07, 6.45) is 1.48. The maximum Gasteiger partial charge on any atom is 0.309 e. The first kappa shape index (κ1) is 11.0. The Hall–Kier alpha value is -1.51. The van der Waals surface area contributed by atoms with E-state index in [0.717, 1.165) is 24.3 Å². The third kappa shape index (κ3) is 2.03. The fourth-order valence-corrected chi connectivity index (χ4v) is 1.94. The molecule has 0 aromatic heterocycles. The summed E-state index contributed by atoms with van der Waals surface area (Å²) in [5, 5.41) is 9.07. The van der Waals surface area contributed by atoms with Crippen LogP contribution in [0.5, 0.6) is 5.75 Å². The van der Waals surface area contributed by atoms with Gasteiger partial charge in [-0.1, -0.05) is 12.1 Å². The minimum absolute atomic E-state index is 0.551. The number of benzene rings is 1. The molecule has 0 atom stereocenters. The molecule has 1 aliphatic heterocycles. The molecule has 0 spiro atoms. The molecule has 16 heavy (non-hydrogen) atoms. The standard InChI is InChI=1S/C13H16O3/c1-13(2,12(14)15)8-9-3-4-11-10(7-9)5-6-16-11/h3-4,7H,5-6,8H2,1-2H3,(H,14,15). The molecule has 0 fully saturated rings. The van der Waals surface area contributed by atoms with Crippen LogP contribution in [-0.4, -0.2) is 17.7 Å². The zero-order chi connectivity index (χ0) is 11.8. The van der Waals surface area contributed by atoms with E-state index in [9.17, 15) is 4.79 Å². The van der Waals surface area contributed by atoms with Crippen molar-refractivity contribution in [3.05, 3.63) is 29.3 Å². The highest BCUT2D eigenvalue weighted by Gasteiger charge is 2.27. The molecule has 0 aliphatic carbocycles. The van der Waals surface area contributed by atoms with E-state index in [0.29, 0.717) is 6.42 Å². The van der Waals surface area contributed by atoms with Crippen LogP contribution < -0.4 is 4.74 Å². The van der Waals surface area contributed by atoms with Crippen LogP contribution in [0.25, 0.3) is 0 Å². The van der Waals surface area contributed by atoms with Gasteiger partial charge < -0.3 is 9.84 Å².